The number of likely N-dealkylation sites (tertiary alicyclic amines) is 1. The van der Waals surface area contributed by atoms with Gasteiger partial charge in [-0.1, -0.05) is 109 Å². The van der Waals surface area contributed by atoms with E-state index >= 15 is 0 Å². The van der Waals surface area contributed by atoms with E-state index in [1.807, 2.05) is 87.1 Å². The normalized spacial score (nSPS) is 15.7. The van der Waals surface area contributed by atoms with Gasteiger partial charge in [0, 0.05) is 43.6 Å². The molecule has 1 aliphatic heterocycles. The first kappa shape index (κ1) is 47.2. The van der Waals surface area contributed by atoms with Gasteiger partial charge in [-0.05, 0) is 104 Å². The molecule has 0 saturated carbocycles. The van der Waals surface area contributed by atoms with Crippen LogP contribution in [0.1, 0.15) is 71.8 Å². The molecule has 3 atom stereocenters. The van der Waals surface area contributed by atoms with Crippen molar-refractivity contribution in [3.63, 3.8) is 0 Å². The zero-order valence-electron chi connectivity index (χ0n) is 37.3. The Morgan fingerprint density at radius 2 is 1.40 bits per heavy atom. The van der Waals surface area contributed by atoms with E-state index in [0.29, 0.717) is 43.5 Å². The standard InChI is InChI=1S/C51H59FN4O5S2/c1-50(2,3)61-49(59)56-35-43(63-51(38-17-11-8-12-18-38,39-19-13-9-14-20-39)40-21-15-10-16-22-40)34-46(56)54(4)42-30-27-37(26-23-36-24-28-41(52)29-25-36)44(33-42)47(57)53-45(31-32-62-7)48(58)55(5)60-6/h8-22,24-25,27-30,33,43,45-46H,23,26,31-32,34-35H2,1-7H3,(H,53,57)/t43?,45-,46?/m0/s1. The Morgan fingerprint density at radius 1 is 0.825 bits per heavy atom. The second-order valence-electron chi connectivity index (χ2n) is 16.8. The van der Waals surface area contributed by atoms with Crippen LogP contribution in [0.5, 0.6) is 0 Å². The van der Waals surface area contributed by atoms with Gasteiger partial charge >= 0.3 is 6.09 Å². The summed E-state index contributed by atoms with van der Waals surface area (Å²) in [7, 11) is 4.88. The minimum Gasteiger partial charge on any atom is -0.444 e. The molecule has 1 saturated heterocycles. The van der Waals surface area contributed by atoms with Crippen LogP contribution in [0.4, 0.5) is 14.9 Å². The fourth-order valence-electron chi connectivity index (χ4n) is 8.07. The van der Waals surface area contributed by atoms with Gasteiger partial charge < -0.3 is 15.0 Å². The topological polar surface area (TPSA) is 91.4 Å². The van der Waals surface area contributed by atoms with Crippen LogP contribution in [-0.2, 0) is 32.0 Å². The minimum atomic E-state index is -0.824. The van der Waals surface area contributed by atoms with E-state index in [1.54, 1.807) is 23.9 Å². The van der Waals surface area contributed by atoms with Crippen molar-refractivity contribution >= 4 is 47.1 Å². The number of anilines is 1. The molecule has 63 heavy (non-hydrogen) atoms. The summed E-state index contributed by atoms with van der Waals surface area (Å²) in [5.74, 6) is -0.422. The number of hydrogen-bond donors (Lipinski definition) is 1. The van der Waals surface area contributed by atoms with E-state index in [1.165, 1.54) is 26.3 Å². The van der Waals surface area contributed by atoms with Gasteiger partial charge in [-0.25, -0.2) is 14.2 Å². The van der Waals surface area contributed by atoms with Gasteiger partial charge in [-0.2, -0.15) is 11.8 Å². The molecule has 0 spiro atoms. The van der Waals surface area contributed by atoms with Crippen molar-refractivity contribution in [2.45, 2.75) is 74.3 Å². The first-order valence-electron chi connectivity index (χ1n) is 21.3. The first-order chi connectivity index (χ1) is 30.2. The zero-order valence-corrected chi connectivity index (χ0v) is 38.9. The lowest BCUT2D eigenvalue weighted by atomic mass is 9.84. The Morgan fingerprint density at radius 3 is 1.92 bits per heavy atom. The van der Waals surface area contributed by atoms with E-state index in [2.05, 4.69) is 83.0 Å². The van der Waals surface area contributed by atoms with Crippen molar-refractivity contribution in [2.24, 2.45) is 0 Å². The number of hydrogen-bond acceptors (Lipinski definition) is 8. The van der Waals surface area contributed by atoms with Crippen LogP contribution in [0.2, 0.25) is 0 Å². The highest BCUT2D eigenvalue weighted by Crippen LogP contribution is 2.52. The third-order valence-corrected chi connectivity index (χ3v) is 13.7. The van der Waals surface area contributed by atoms with Gasteiger partial charge in [0.1, 0.15) is 23.6 Å². The second kappa shape index (κ2) is 21.4. The lowest BCUT2D eigenvalue weighted by molar-refractivity contribution is -0.170. The maximum atomic E-state index is 14.5. The number of hydroxylamine groups is 2. The first-order valence-corrected chi connectivity index (χ1v) is 23.6. The molecule has 1 N–H and O–H groups in total. The number of halogens is 1. The average molecular weight is 891 g/mol. The van der Waals surface area contributed by atoms with Crippen molar-refractivity contribution in [3.05, 3.63) is 173 Å². The van der Waals surface area contributed by atoms with E-state index in [9.17, 15) is 18.8 Å². The third kappa shape index (κ3) is 11.6. The number of nitrogens with zero attached hydrogens (tertiary/aromatic N) is 3. The van der Waals surface area contributed by atoms with Crippen LogP contribution in [0, 0.1) is 5.82 Å². The molecule has 5 aromatic rings. The SMILES string of the molecule is CON(C)C(=O)[C@H](CCSC)NC(=O)c1cc(N(C)C2CC(SC(c3ccccc3)(c3ccccc3)c3ccccc3)CN2C(=O)OC(C)(C)C)ccc1CCc1ccc(F)cc1. The van der Waals surface area contributed by atoms with Crippen LogP contribution in [0.25, 0.3) is 0 Å². The third-order valence-electron chi connectivity index (χ3n) is 11.3. The summed E-state index contributed by atoms with van der Waals surface area (Å²) in [4.78, 5) is 51.2. The maximum absolute atomic E-state index is 14.5. The van der Waals surface area contributed by atoms with E-state index in [-0.39, 0.29) is 17.0 Å². The molecule has 12 heteroatoms. The highest BCUT2D eigenvalue weighted by Gasteiger charge is 2.46. The molecule has 2 unspecified atom stereocenters. The molecule has 0 radical (unpaired) electrons. The van der Waals surface area contributed by atoms with Gasteiger partial charge in [0.25, 0.3) is 11.8 Å². The van der Waals surface area contributed by atoms with Crippen molar-refractivity contribution in [2.75, 3.05) is 44.7 Å². The van der Waals surface area contributed by atoms with Gasteiger partial charge in [-0.15, -0.1) is 11.8 Å². The molecule has 6 rings (SSSR count). The number of nitrogens with one attached hydrogen (secondary N) is 1. The highest BCUT2D eigenvalue weighted by atomic mass is 32.2. The Kier molecular flexibility index (Phi) is 16.0. The Hall–Kier alpha value is -5.30. The fourth-order valence-corrected chi connectivity index (χ4v) is 10.4. The summed E-state index contributed by atoms with van der Waals surface area (Å²) in [5, 5.41) is 4.10. The number of amides is 3. The lowest BCUT2D eigenvalue weighted by Gasteiger charge is -2.37. The smallest absolute Gasteiger partial charge is 0.411 e. The van der Waals surface area contributed by atoms with Crippen LogP contribution in [0.15, 0.2) is 133 Å². The van der Waals surface area contributed by atoms with Gasteiger partial charge in [-0.3, -0.25) is 19.3 Å². The van der Waals surface area contributed by atoms with Gasteiger partial charge in [0.15, 0.2) is 0 Å². The van der Waals surface area contributed by atoms with Crippen LogP contribution in [0.3, 0.4) is 0 Å². The molecule has 0 aliphatic carbocycles. The summed E-state index contributed by atoms with van der Waals surface area (Å²) in [6.45, 7) is 6.02. The molecule has 332 valence electrons. The number of thioether (sulfide) groups is 2. The summed E-state index contributed by atoms with van der Waals surface area (Å²) >= 11 is 3.42. The summed E-state index contributed by atoms with van der Waals surface area (Å²) < 4.78 is 19.3. The second-order valence-corrected chi connectivity index (χ2v) is 19.3. The van der Waals surface area contributed by atoms with Crippen molar-refractivity contribution in [1.29, 1.82) is 0 Å². The fraction of sp³-hybridized carbons (Fsp3) is 0.353. The lowest BCUT2D eigenvalue weighted by Crippen LogP contribution is -2.48. The predicted octanol–water partition coefficient (Wildman–Crippen LogP) is 9.98. The molecule has 1 heterocycles. The number of carbonyl (C=O) groups excluding carboxylic acids is 3. The largest absolute Gasteiger partial charge is 0.444 e. The number of carbonyl (C=O) groups is 3. The molecule has 9 nitrogen and oxygen atoms in total. The number of rotatable bonds is 17. The molecular weight excluding hydrogens is 832 g/mol. The van der Waals surface area contributed by atoms with Crippen molar-refractivity contribution < 1.29 is 28.3 Å². The molecule has 5 aromatic carbocycles. The Bertz CT molecular complexity index is 2180. The van der Waals surface area contributed by atoms with E-state index < -0.39 is 34.6 Å². The van der Waals surface area contributed by atoms with Crippen LogP contribution >= 0.6 is 23.5 Å². The molecule has 1 aliphatic rings. The number of likely N-dealkylation sites (N-methyl/N-ethyl adjacent to an activating group) is 1. The monoisotopic (exact) mass is 890 g/mol. The van der Waals surface area contributed by atoms with E-state index in [4.69, 9.17) is 9.57 Å². The Balaban J connectivity index is 1.39. The minimum absolute atomic E-state index is 0.0516. The number of benzene rings is 5. The van der Waals surface area contributed by atoms with Gasteiger partial charge in [0.05, 0.1) is 11.9 Å². The quantitative estimate of drug-likeness (QED) is 0.0730. The molecule has 1 fully saturated rings. The summed E-state index contributed by atoms with van der Waals surface area (Å²) in [6.07, 6.45) is 3.16. The molecule has 3 amide bonds. The summed E-state index contributed by atoms with van der Waals surface area (Å²) in [6, 6.07) is 42.9. The predicted molar refractivity (Wildman–Crippen MR) is 255 cm³/mol. The number of ether oxygens (including phenoxy) is 1. The van der Waals surface area contributed by atoms with Crippen molar-refractivity contribution in [3.8, 4) is 0 Å². The number of aryl methyl sites for hydroxylation is 2. The van der Waals surface area contributed by atoms with Gasteiger partial charge in [0.2, 0.25) is 0 Å². The summed E-state index contributed by atoms with van der Waals surface area (Å²) in [5.41, 5.74) is 5.49. The van der Waals surface area contributed by atoms with Crippen LogP contribution < -0.4 is 10.2 Å². The molecular formula is C51H59FN4O5S2. The maximum Gasteiger partial charge on any atom is 0.411 e. The van der Waals surface area contributed by atoms with E-state index in [0.717, 1.165) is 38.6 Å². The zero-order chi connectivity index (χ0) is 45.1. The average Bonchev–Trinajstić information content (AvgIpc) is 3.73. The van der Waals surface area contributed by atoms with Crippen LogP contribution in [-0.4, -0.2) is 90.7 Å². The molecule has 0 aromatic heterocycles. The Labute approximate surface area is 380 Å². The highest BCUT2D eigenvalue weighted by molar-refractivity contribution is 8.01. The van der Waals surface area contributed by atoms with Crippen molar-refractivity contribution in [1.82, 2.24) is 15.3 Å². The molecule has 0 bridgehead atoms.